The molecule has 38 heavy (non-hydrogen) atoms. The molecule has 1 amide bonds. The van der Waals surface area contributed by atoms with Crippen LogP contribution in [0.25, 0.3) is 10.9 Å². The smallest absolute Gasteiger partial charge is 0.329 e. The molecular formula is C27H30ClN3O7. The zero-order chi connectivity index (χ0) is 27.5. The van der Waals surface area contributed by atoms with Gasteiger partial charge in [-0.3, -0.25) is 19.3 Å². The van der Waals surface area contributed by atoms with Crippen LogP contribution >= 0.6 is 11.6 Å². The Hall–Kier alpha value is -3.73. The molecule has 1 aliphatic heterocycles. The van der Waals surface area contributed by atoms with Crippen LogP contribution in [0, 0.1) is 0 Å². The van der Waals surface area contributed by atoms with Gasteiger partial charge in [0.25, 0.3) is 11.9 Å². The van der Waals surface area contributed by atoms with E-state index in [1.165, 1.54) is 6.07 Å². The molecule has 2 heterocycles. The summed E-state index contributed by atoms with van der Waals surface area (Å²) in [5.74, 6) is -1.82. The van der Waals surface area contributed by atoms with Gasteiger partial charge in [0, 0.05) is 60.5 Å². The molecule has 10 nitrogen and oxygen atoms in total. The average molecular weight is 544 g/mol. The normalized spacial score (nSPS) is 14.2. The Kier molecular flexibility index (Phi) is 10.8. The van der Waals surface area contributed by atoms with Gasteiger partial charge in [0.1, 0.15) is 12.6 Å². The van der Waals surface area contributed by atoms with Crippen molar-refractivity contribution in [3.8, 4) is 0 Å². The van der Waals surface area contributed by atoms with Crippen LogP contribution in [-0.2, 0) is 25.5 Å². The van der Waals surface area contributed by atoms with Gasteiger partial charge < -0.3 is 24.9 Å². The number of fused-ring (bicyclic) bond motifs is 1. The van der Waals surface area contributed by atoms with Gasteiger partial charge >= 0.3 is 5.97 Å². The van der Waals surface area contributed by atoms with Crippen molar-refractivity contribution in [2.24, 2.45) is 0 Å². The van der Waals surface area contributed by atoms with E-state index in [4.69, 9.17) is 31.0 Å². The highest BCUT2D eigenvalue weighted by atomic mass is 35.5. The van der Waals surface area contributed by atoms with Crippen molar-refractivity contribution in [1.82, 2.24) is 15.2 Å². The molecule has 202 valence electrons. The summed E-state index contributed by atoms with van der Waals surface area (Å²) in [6.07, 6.45) is 0.111. The summed E-state index contributed by atoms with van der Waals surface area (Å²) in [6, 6.07) is 14.2. The summed E-state index contributed by atoms with van der Waals surface area (Å²) in [5, 5.41) is 11.5. The molecule has 1 saturated heterocycles. The van der Waals surface area contributed by atoms with E-state index in [1.54, 1.807) is 30.3 Å². The van der Waals surface area contributed by atoms with Gasteiger partial charge in [-0.25, -0.2) is 4.79 Å². The Morgan fingerprint density at radius 3 is 2.47 bits per heavy atom. The molecule has 1 unspecified atom stereocenters. The Labute approximate surface area is 224 Å². The molecule has 1 aromatic heterocycles. The minimum absolute atomic E-state index is 0.111. The van der Waals surface area contributed by atoms with Gasteiger partial charge in [-0.15, -0.1) is 0 Å². The van der Waals surface area contributed by atoms with Crippen molar-refractivity contribution in [1.29, 1.82) is 0 Å². The summed E-state index contributed by atoms with van der Waals surface area (Å²) >= 11 is 5.92. The number of carboxylic acid groups (broad SMARTS) is 1. The van der Waals surface area contributed by atoms with Crippen LogP contribution in [0.2, 0.25) is 5.02 Å². The fourth-order valence-electron chi connectivity index (χ4n) is 3.90. The van der Waals surface area contributed by atoms with Crippen molar-refractivity contribution < 1.29 is 29.0 Å². The number of ether oxygens (including phenoxy) is 2. The Morgan fingerprint density at radius 2 is 1.79 bits per heavy atom. The zero-order valence-electron chi connectivity index (χ0n) is 20.9. The first-order valence-corrected chi connectivity index (χ1v) is 12.4. The lowest BCUT2D eigenvalue weighted by molar-refractivity contribution is -0.146. The topological polar surface area (TPSA) is 138 Å². The van der Waals surface area contributed by atoms with Gasteiger partial charge in [0.2, 0.25) is 5.56 Å². The van der Waals surface area contributed by atoms with Crippen molar-refractivity contribution in [3.63, 3.8) is 0 Å². The van der Waals surface area contributed by atoms with Crippen LogP contribution in [0.3, 0.4) is 0 Å². The van der Waals surface area contributed by atoms with E-state index < -0.39 is 23.9 Å². The molecule has 0 radical (unpaired) electrons. The summed E-state index contributed by atoms with van der Waals surface area (Å²) in [7, 11) is 0. The molecule has 1 aliphatic rings. The number of hydrogen-bond acceptors (Lipinski definition) is 7. The maximum atomic E-state index is 13.0. The maximum absolute atomic E-state index is 13.0. The van der Waals surface area contributed by atoms with E-state index in [9.17, 15) is 14.4 Å². The third-order valence-corrected chi connectivity index (χ3v) is 5.96. The van der Waals surface area contributed by atoms with Crippen molar-refractivity contribution >= 4 is 40.3 Å². The van der Waals surface area contributed by atoms with E-state index in [0.29, 0.717) is 41.4 Å². The van der Waals surface area contributed by atoms with E-state index in [1.807, 2.05) is 18.2 Å². The number of rotatable bonds is 8. The van der Waals surface area contributed by atoms with Crippen molar-refractivity contribution in [2.75, 3.05) is 39.5 Å². The molecule has 1 fully saturated rings. The lowest BCUT2D eigenvalue weighted by Crippen LogP contribution is -2.44. The fraction of sp³-hybridized carbons (Fsp3) is 0.333. The predicted octanol–water partition coefficient (Wildman–Crippen LogP) is 2.49. The van der Waals surface area contributed by atoms with Crippen LogP contribution in [-0.4, -0.2) is 78.3 Å². The molecule has 1 atom stereocenters. The lowest BCUT2D eigenvalue weighted by Gasteiger charge is -2.26. The summed E-state index contributed by atoms with van der Waals surface area (Å²) in [6.45, 7) is 4.75. The first kappa shape index (κ1) is 28.8. The first-order chi connectivity index (χ1) is 18.2. The minimum atomic E-state index is -0.974. The quantitative estimate of drug-likeness (QED) is 0.368. The molecule has 0 saturated carbocycles. The van der Waals surface area contributed by atoms with E-state index in [-0.39, 0.29) is 18.6 Å². The number of pyridine rings is 1. The highest BCUT2D eigenvalue weighted by molar-refractivity contribution is 6.30. The number of halogens is 1. The van der Waals surface area contributed by atoms with E-state index in [0.717, 1.165) is 25.4 Å². The molecule has 0 aliphatic carbocycles. The average Bonchev–Trinajstić information content (AvgIpc) is 2.88. The number of hydrogen-bond donors (Lipinski definition) is 3. The molecule has 4 rings (SSSR count). The number of carboxylic acids is 1. The van der Waals surface area contributed by atoms with Gasteiger partial charge in [-0.05, 0) is 35.9 Å². The minimum Gasteiger partial charge on any atom is -0.481 e. The Balaban J connectivity index is 0.000000934. The number of carbonyl (C=O) groups is 3. The highest BCUT2D eigenvalue weighted by Crippen LogP contribution is 2.17. The zero-order valence-corrected chi connectivity index (χ0v) is 21.7. The molecular weight excluding hydrogens is 514 g/mol. The van der Waals surface area contributed by atoms with Crippen LogP contribution in [0.5, 0.6) is 0 Å². The van der Waals surface area contributed by atoms with Crippen LogP contribution in [0.4, 0.5) is 0 Å². The highest BCUT2D eigenvalue weighted by Gasteiger charge is 2.25. The Morgan fingerprint density at radius 1 is 1.13 bits per heavy atom. The number of nitrogens with zero attached hydrogens (tertiary/aromatic N) is 1. The molecule has 11 heteroatoms. The SMILES string of the molecule is CC(=O)O.O=C(NC(Cc1cc(=O)[nH]c2ccccc12)C(=O)OCCN1CCOCC1)c1ccc(Cl)cc1. The number of benzene rings is 2. The Bertz CT molecular complexity index is 1300. The van der Waals surface area contributed by atoms with Crippen molar-refractivity contribution in [3.05, 3.63) is 81.1 Å². The number of aliphatic carboxylic acids is 1. The van der Waals surface area contributed by atoms with Gasteiger partial charge in [0.15, 0.2) is 0 Å². The number of H-pyrrole nitrogens is 1. The summed E-state index contributed by atoms with van der Waals surface area (Å²) < 4.78 is 10.9. The molecule has 0 spiro atoms. The second-order valence-corrected chi connectivity index (χ2v) is 9.02. The number of para-hydroxylation sites is 1. The molecule has 0 bridgehead atoms. The number of morpholine rings is 1. The predicted molar refractivity (Wildman–Crippen MR) is 143 cm³/mol. The largest absolute Gasteiger partial charge is 0.481 e. The molecule has 3 N–H and O–H groups in total. The van der Waals surface area contributed by atoms with Gasteiger partial charge in [-0.1, -0.05) is 29.8 Å². The number of amides is 1. The molecule has 2 aromatic carbocycles. The van der Waals surface area contributed by atoms with Crippen LogP contribution < -0.4 is 10.9 Å². The fourth-order valence-corrected chi connectivity index (χ4v) is 4.03. The van der Waals surface area contributed by atoms with E-state index >= 15 is 0 Å². The van der Waals surface area contributed by atoms with Gasteiger partial charge in [0.05, 0.1) is 13.2 Å². The number of aromatic amines is 1. The van der Waals surface area contributed by atoms with Crippen molar-refractivity contribution in [2.45, 2.75) is 19.4 Å². The number of esters is 1. The molecule has 3 aromatic rings. The number of carbonyl (C=O) groups excluding carboxylic acids is 2. The monoisotopic (exact) mass is 543 g/mol. The standard InChI is InChI=1S/C25H26ClN3O5.C2H4O2/c26-19-7-5-17(6-8-19)24(31)28-22(25(32)34-14-11-29-9-12-33-13-10-29)15-18-16-23(30)27-21-4-2-1-3-20(18)21;1-2(3)4/h1-8,16,22H,9-15H2,(H,27,30)(H,28,31);1H3,(H,3,4). The number of nitrogens with one attached hydrogen (secondary N) is 2. The third-order valence-electron chi connectivity index (χ3n) is 5.71. The third kappa shape index (κ3) is 8.98. The number of aromatic nitrogens is 1. The van der Waals surface area contributed by atoms with Crippen LogP contribution in [0.15, 0.2) is 59.4 Å². The summed E-state index contributed by atoms with van der Waals surface area (Å²) in [5.41, 5.74) is 1.39. The second-order valence-electron chi connectivity index (χ2n) is 8.58. The van der Waals surface area contributed by atoms with E-state index in [2.05, 4.69) is 15.2 Å². The first-order valence-electron chi connectivity index (χ1n) is 12.1. The lowest BCUT2D eigenvalue weighted by atomic mass is 10.0. The van der Waals surface area contributed by atoms with Gasteiger partial charge in [-0.2, -0.15) is 0 Å². The second kappa shape index (κ2) is 14.3. The maximum Gasteiger partial charge on any atom is 0.329 e. The van der Waals surface area contributed by atoms with Crippen LogP contribution in [0.1, 0.15) is 22.8 Å². The summed E-state index contributed by atoms with van der Waals surface area (Å²) in [4.78, 5) is 52.0.